The Balaban J connectivity index is 3.28. The van der Waals surface area contributed by atoms with E-state index in [2.05, 4.69) is 25.1 Å². The van der Waals surface area contributed by atoms with Crippen molar-refractivity contribution < 1.29 is 9.53 Å². The highest BCUT2D eigenvalue weighted by Gasteiger charge is 2.01. The van der Waals surface area contributed by atoms with Crippen LogP contribution in [0.4, 0.5) is 4.79 Å². The van der Waals surface area contributed by atoms with Gasteiger partial charge < -0.3 is 10.1 Å². The van der Waals surface area contributed by atoms with E-state index in [0.29, 0.717) is 12.5 Å². The van der Waals surface area contributed by atoms with Gasteiger partial charge in [-0.2, -0.15) is 0 Å². The van der Waals surface area contributed by atoms with Crippen LogP contribution in [0.3, 0.4) is 0 Å². The predicted molar refractivity (Wildman–Crippen MR) is 56.9 cm³/mol. The summed E-state index contributed by atoms with van der Waals surface area (Å²) in [7, 11) is 0. The zero-order valence-electron chi connectivity index (χ0n) is 9.01. The molecule has 0 aromatic heterocycles. The highest BCUT2D eigenvalue weighted by molar-refractivity contribution is 5.67. The number of carbonyl (C=O) groups excluding carboxylic acids is 1. The minimum absolute atomic E-state index is 0.226. The third-order valence-corrected chi connectivity index (χ3v) is 2.11. The molecule has 0 rings (SSSR count). The highest BCUT2D eigenvalue weighted by atomic mass is 16.5. The van der Waals surface area contributed by atoms with Crippen LogP contribution in [-0.4, -0.2) is 19.2 Å². The highest BCUT2D eigenvalue weighted by Crippen LogP contribution is 2.08. The van der Waals surface area contributed by atoms with E-state index in [1.807, 2.05) is 0 Å². The Morgan fingerprint density at radius 2 is 2.36 bits per heavy atom. The molecule has 1 atom stereocenters. The lowest BCUT2D eigenvalue weighted by molar-refractivity contribution is 0.143. The molecule has 3 heteroatoms. The first-order valence-electron chi connectivity index (χ1n) is 5.04. The molecule has 0 fully saturated rings. The molecule has 0 aromatic carbocycles. The Labute approximate surface area is 86.2 Å². The fourth-order valence-electron chi connectivity index (χ4n) is 0.975. The summed E-state index contributed by atoms with van der Waals surface area (Å²) in [6.45, 7) is 5.05. The van der Waals surface area contributed by atoms with Gasteiger partial charge >= 0.3 is 6.09 Å². The van der Waals surface area contributed by atoms with E-state index in [1.165, 1.54) is 6.42 Å². The number of terminal acetylenes is 1. The maximum atomic E-state index is 10.9. The van der Waals surface area contributed by atoms with Crippen LogP contribution in [0.25, 0.3) is 0 Å². The molecular weight excluding hydrogens is 178 g/mol. The van der Waals surface area contributed by atoms with E-state index < -0.39 is 6.09 Å². The van der Waals surface area contributed by atoms with E-state index in [0.717, 1.165) is 12.8 Å². The van der Waals surface area contributed by atoms with Crippen LogP contribution in [0, 0.1) is 18.3 Å². The Bertz CT molecular complexity index is 196. The molecular formula is C11H19NO2. The third kappa shape index (κ3) is 7.48. The second-order valence-corrected chi connectivity index (χ2v) is 3.35. The average molecular weight is 197 g/mol. The molecule has 0 spiro atoms. The molecule has 0 heterocycles. The number of amides is 1. The van der Waals surface area contributed by atoms with Crippen molar-refractivity contribution in [3.8, 4) is 12.3 Å². The summed E-state index contributed by atoms with van der Waals surface area (Å²) < 4.78 is 4.89. The van der Waals surface area contributed by atoms with Gasteiger partial charge in [0.25, 0.3) is 0 Å². The van der Waals surface area contributed by atoms with Gasteiger partial charge in [-0.3, -0.25) is 0 Å². The van der Waals surface area contributed by atoms with E-state index in [-0.39, 0.29) is 6.54 Å². The lowest BCUT2D eigenvalue weighted by atomic mass is 10.0. The number of ether oxygens (including phenoxy) is 1. The van der Waals surface area contributed by atoms with Gasteiger partial charge in [0.05, 0.1) is 13.2 Å². The molecule has 3 nitrogen and oxygen atoms in total. The molecule has 14 heavy (non-hydrogen) atoms. The number of hydrogen-bond donors (Lipinski definition) is 1. The number of rotatable bonds is 6. The second-order valence-electron chi connectivity index (χ2n) is 3.35. The van der Waals surface area contributed by atoms with E-state index >= 15 is 0 Å². The van der Waals surface area contributed by atoms with Crippen LogP contribution in [0.15, 0.2) is 0 Å². The minimum Gasteiger partial charge on any atom is -0.450 e. The molecule has 1 amide bonds. The molecule has 0 bridgehead atoms. The summed E-state index contributed by atoms with van der Waals surface area (Å²) in [6.07, 6.45) is 7.73. The van der Waals surface area contributed by atoms with E-state index in [9.17, 15) is 4.79 Å². The van der Waals surface area contributed by atoms with Gasteiger partial charge in [-0.25, -0.2) is 4.79 Å². The van der Waals surface area contributed by atoms with Gasteiger partial charge in [0.15, 0.2) is 0 Å². The van der Waals surface area contributed by atoms with Crippen LogP contribution in [-0.2, 0) is 4.74 Å². The zero-order valence-corrected chi connectivity index (χ0v) is 9.01. The number of hydrogen-bond acceptors (Lipinski definition) is 2. The largest absolute Gasteiger partial charge is 0.450 e. The van der Waals surface area contributed by atoms with Crippen molar-refractivity contribution in [2.24, 2.45) is 5.92 Å². The zero-order chi connectivity index (χ0) is 10.8. The summed E-state index contributed by atoms with van der Waals surface area (Å²) in [4.78, 5) is 10.9. The van der Waals surface area contributed by atoms with Crippen molar-refractivity contribution in [3.05, 3.63) is 0 Å². The summed E-state index contributed by atoms with van der Waals surface area (Å²) in [5.41, 5.74) is 0. The number of alkyl carbamates (subject to hydrolysis) is 1. The van der Waals surface area contributed by atoms with Crippen LogP contribution < -0.4 is 5.32 Å². The molecule has 0 radical (unpaired) electrons. The first-order valence-corrected chi connectivity index (χ1v) is 5.04. The van der Waals surface area contributed by atoms with Gasteiger partial charge in [0.2, 0.25) is 0 Å². The Kier molecular flexibility index (Phi) is 7.72. The first kappa shape index (κ1) is 12.8. The van der Waals surface area contributed by atoms with Gasteiger partial charge in [0, 0.05) is 0 Å². The van der Waals surface area contributed by atoms with Crippen LogP contribution in [0.1, 0.15) is 33.1 Å². The van der Waals surface area contributed by atoms with Crippen molar-refractivity contribution >= 4 is 6.09 Å². The quantitative estimate of drug-likeness (QED) is 0.523. The molecule has 0 saturated heterocycles. The minimum atomic E-state index is -0.424. The maximum Gasteiger partial charge on any atom is 0.407 e. The number of nitrogens with one attached hydrogen (secondary N) is 1. The molecule has 0 saturated carbocycles. The van der Waals surface area contributed by atoms with Crippen molar-refractivity contribution in [2.45, 2.75) is 33.1 Å². The second kappa shape index (κ2) is 8.43. The van der Waals surface area contributed by atoms with E-state index in [1.54, 1.807) is 0 Å². The van der Waals surface area contributed by atoms with Crippen LogP contribution >= 0.6 is 0 Å². The molecule has 80 valence electrons. The van der Waals surface area contributed by atoms with Gasteiger partial charge in [-0.15, -0.1) is 6.42 Å². The summed E-state index contributed by atoms with van der Waals surface area (Å²) in [5, 5.41) is 2.44. The summed E-state index contributed by atoms with van der Waals surface area (Å²) in [5.74, 6) is 3.01. The molecule has 1 N–H and O–H groups in total. The fraction of sp³-hybridized carbons (Fsp3) is 0.727. The summed E-state index contributed by atoms with van der Waals surface area (Å²) >= 11 is 0. The third-order valence-electron chi connectivity index (χ3n) is 2.11. The summed E-state index contributed by atoms with van der Waals surface area (Å²) in [6, 6.07) is 0. The smallest absolute Gasteiger partial charge is 0.407 e. The number of carbonyl (C=O) groups is 1. The predicted octanol–water partition coefficient (Wildman–Crippen LogP) is 2.17. The molecule has 0 aromatic rings. The van der Waals surface area contributed by atoms with Crippen molar-refractivity contribution in [1.82, 2.24) is 5.32 Å². The first-order chi connectivity index (χ1) is 6.70. The topological polar surface area (TPSA) is 38.3 Å². The maximum absolute atomic E-state index is 10.9. The SMILES string of the molecule is C#CCNC(=O)OCCC[C@@H](C)CC. The Morgan fingerprint density at radius 3 is 2.93 bits per heavy atom. The monoisotopic (exact) mass is 197 g/mol. The standard InChI is InChI=1S/C11H19NO2/c1-4-8-12-11(13)14-9-6-7-10(3)5-2/h1,10H,5-9H2,2-3H3,(H,12,13)/t10-/m0/s1. The molecule has 0 aliphatic heterocycles. The van der Waals surface area contributed by atoms with Crippen LogP contribution in [0.2, 0.25) is 0 Å². The van der Waals surface area contributed by atoms with Crippen molar-refractivity contribution in [3.63, 3.8) is 0 Å². The average Bonchev–Trinajstić information content (AvgIpc) is 2.21. The van der Waals surface area contributed by atoms with Crippen molar-refractivity contribution in [1.29, 1.82) is 0 Å². The van der Waals surface area contributed by atoms with E-state index in [4.69, 9.17) is 11.2 Å². The Morgan fingerprint density at radius 1 is 1.64 bits per heavy atom. The molecule has 0 aliphatic carbocycles. The van der Waals surface area contributed by atoms with Gasteiger partial charge in [-0.05, 0) is 18.8 Å². The van der Waals surface area contributed by atoms with Gasteiger partial charge in [-0.1, -0.05) is 26.2 Å². The lowest BCUT2D eigenvalue weighted by Crippen LogP contribution is -2.24. The fourth-order valence-corrected chi connectivity index (χ4v) is 0.975. The van der Waals surface area contributed by atoms with Crippen molar-refractivity contribution in [2.75, 3.05) is 13.2 Å². The molecule has 0 unspecified atom stereocenters. The van der Waals surface area contributed by atoms with Gasteiger partial charge in [0.1, 0.15) is 0 Å². The van der Waals surface area contributed by atoms with Crippen LogP contribution in [0.5, 0.6) is 0 Å². The normalized spacial score (nSPS) is 11.5. The molecule has 0 aliphatic rings. The lowest BCUT2D eigenvalue weighted by Gasteiger charge is -2.08. The Hall–Kier alpha value is -1.17.